The smallest absolute Gasteiger partial charge is 0.179 e. The molecule has 2 atom stereocenters. The first-order valence-electron chi connectivity index (χ1n) is 26.2. The number of furan rings is 1. The summed E-state index contributed by atoms with van der Waals surface area (Å²) in [7, 11) is -2.95. The Bertz CT molecular complexity index is 4270. The lowest BCUT2D eigenvalue weighted by atomic mass is 9.60. The molecule has 0 spiro atoms. The average molecular weight is 986 g/mol. The zero-order valence-corrected chi connectivity index (χ0v) is 42.4. The van der Waals surface area contributed by atoms with E-state index in [1.807, 2.05) is 30.3 Å². The summed E-state index contributed by atoms with van der Waals surface area (Å²) in [5, 5.41) is 7.72. The summed E-state index contributed by atoms with van der Waals surface area (Å²) in [6, 6.07) is 99.6. The molecule has 0 fully saturated rings. The number of benzene rings is 11. The molecule has 2 heterocycles. The van der Waals surface area contributed by atoms with Crippen molar-refractivity contribution in [2.75, 3.05) is 0 Å². The molecule has 5 heteroatoms. The van der Waals surface area contributed by atoms with Gasteiger partial charge in [-0.05, 0) is 83.0 Å². The summed E-state index contributed by atoms with van der Waals surface area (Å²) >= 11 is 0. The molecule has 16 rings (SSSR count). The maximum absolute atomic E-state index is 6.60. The Kier molecular flexibility index (Phi) is 10.3. The van der Waals surface area contributed by atoms with E-state index in [9.17, 15) is 0 Å². The summed E-state index contributed by atoms with van der Waals surface area (Å²) in [4.78, 5) is 16.0. The number of aromatic nitrogens is 3. The minimum Gasteiger partial charge on any atom is -0.455 e. The molecule has 76 heavy (non-hydrogen) atoms. The van der Waals surface area contributed by atoms with Crippen molar-refractivity contribution in [2.45, 2.75) is 11.8 Å². The third-order valence-electron chi connectivity index (χ3n) is 16.1. The SMILES string of the molecule is c1ccc(-c2nc(-c3cccc(-c4cccc5c4C4c6ccccc6C5c5cccc([Si](c6ccccc6)(c6ccccc6)c6ccccc6)c54)c3)nc(-c3ccccc3-c3cccc4c3oc3ccccc34)n2)cc1. The molecular formula is C71H47N3OSi. The summed E-state index contributed by atoms with van der Waals surface area (Å²) in [6.07, 6.45) is 0. The molecule has 2 unspecified atom stereocenters. The van der Waals surface area contributed by atoms with Gasteiger partial charge in [0.1, 0.15) is 11.2 Å². The zero-order chi connectivity index (χ0) is 50.2. The molecule has 2 aromatic heterocycles. The fourth-order valence-corrected chi connectivity index (χ4v) is 18.0. The van der Waals surface area contributed by atoms with Gasteiger partial charge in [-0.3, -0.25) is 0 Å². The van der Waals surface area contributed by atoms with Crippen LogP contribution in [0.4, 0.5) is 0 Å². The van der Waals surface area contributed by atoms with E-state index in [-0.39, 0.29) is 11.8 Å². The predicted octanol–water partition coefficient (Wildman–Crippen LogP) is 14.5. The maximum Gasteiger partial charge on any atom is 0.179 e. The highest BCUT2D eigenvalue weighted by Crippen LogP contribution is 2.57. The first kappa shape index (κ1) is 44.0. The van der Waals surface area contributed by atoms with Crippen LogP contribution in [0.25, 0.3) is 78.4 Å². The van der Waals surface area contributed by atoms with Gasteiger partial charge in [-0.25, -0.2) is 15.0 Å². The molecule has 0 N–H and O–H groups in total. The Balaban J connectivity index is 0.924. The van der Waals surface area contributed by atoms with E-state index in [0.29, 0.717) is 17.5 Å². The minimum absolute atomic E-state index is 0.0218. The van der Waals surface area contributed by atoms with Gasteiger partial charge in [0.05, 0.1) is 0 Å². The van der Waals surface area contributed by atoms with Crippen LogP contribution < -0.4 is 20.7 Å². The first-order valence-corrected chi connectivity index (χ1v) is 28.2. The van der Waals surface area contributed by atoms with Crippen LogP contribution >= 0.6 is 0 Å². The average Bonchev–Trinajstić information content (AvgIpc) is 4.05. The highest BCUT2D eigenvalue weighted by Gasteiger charge is 2.49. The number of hydrogen-bond donors (Lipinski definition) is 0. The molecule has 3 aliphatic carbocycles. The maximum atomic E-state index is 6.60. The summed E-state index contributed by atoms with van der Waals surface area (Å²) in [5.41, 5.74) is 17.1. The molecule has 3 aliphatic rings. The summed E-state index contributed by atoms with van der Waals surface area (Å²) in [5.74, 6) is 1.85. The number of rotatable bonds is 9. The lowest BCUT2D eigenvalue weighted by Crippen LogP contribution is -2.75. The lowest BCUT2D eigenvalue weighted by Gasteiger charge is -2.47. The number of para-hydroxylation sites is 2. The standard InChI is InChI=1S/C71H47N3OSi/c1-5-23-46(24-6-1)69-72-70(74-71(73-69)59-37-16-13-33-53(59)57-39-21-40-58-54-34-17-18-43-62(54)75-68(57)58)48-26-19-25-47(45-48)52-38-20-41-60-64-55-35-14-15-36-56(55)67(65(52)60)66-61(64)42-22-44-63(66)76(49-27-7-2-8-28-49,50-29-9-3-10-30-50)51-31-11-4-12-32-51/h1-45,64,67H. The second-order valence-corrected chi connectivity index (χ2v) is 23.8. The Labute approximate surface area is 442 Å². The zero-order valence-electron chi connectivity index (χ0n) is 41.4. The van der Waals surface area contributed by atoms with Crippen molar-refractivity contribution in [2.24, 2.45) is 0 Å². The van der Waals surface area contributed by atoms with E-state index < -0.39 is 8.07 Å². The van der Waals surface area contributed by atoms with Crippen LogP contribution in [0.2, 0.25) is 0 Å². The molecule has 0 radical (unpaired) electrons. The molecule has 11 aromatic carbocycles. The van der Waals surface area contributed by atoms with Gasteiger partial charge in [-0.15, -0.1) is 0 Å². The molecule has 356 valence electrons. The molecule has 0 saturated heterocycles. The van der Waals surface area contributed by atoms with Crippen molar-refractivity contribution in [3.63, 3.8) is 0 Å². The fourth-order valence-electron chi connectivity index (χ4n) is 13.0. The summed E-state index contributed by atoms with van der Waals surface area (Å²) < 4.78 is 6.60. The van der Waals surface area contributed by atoms with Gasteiger partial charge >= 0.3 is 0 Å². The number of nitrogens with zero attached hydrogens (tertiary/aromatic N) is 3. The monoisotopic (exact) mass is 985 g/mol. The van der Waals surface area contributed by atoms with Gasteiger partial charge < -0.3 is 4.42 Å². The van der Waals surface area contributed by atoms with Crippen LogP contribution in [0.1, 0.15) is 45.2 Å². The van der Waals surface area contributed by atoms with Crippen LogP contribution in [0, 0.1) is 0 Å². The van der Waals surface area contributed by atoms with Gasteiger partial charge in [0.2, 0.25) is 0 Å². The number of fused-ring (bicyclic) bond motifs is 3. The molecular weight excluding hydrogens is 939 g/mol. The third-order valence-corrected chi connectivity index (χ3v) is 20.9. The van der Waals surface area contributed by atoms with Crippen molar-refractivity contribution in [1.29, 1.82) is 0 Å². The molecule has 0 amide bonds. The quantitative estimate of drug-likeness (QED) is 0.107. The summed E-state index contributed by atoms with van der Waals surface area (Å²) in [6.45, 7) is 0. The molecule has 0 saturated carbocycles. The van der Waals surface area contributed by atoms with Crippen molar-refractivity contribution < 1.29 is 4.42 Å². The molecule has 4 nitrogen and oxygen atoms in total. The molecule has 2 bridgehead atoms. The van der Waals surface area contributed by atoms with E-state index in [0.717, 1.165) is 55.3 Å². The van der Waals surface area contributed by atoms with Crippen LogP contribution in [0.5, 0.6) is 0 Å². The van der Waals surface area contributed by atoms with Crippen molar-refractivity contribution in [3.8, 4) is 56.4 Å². The highest BCUT2D eigenvalue weighted by molar-refractivity contribution is 7.20. The van der Waals surface area contributed by atoms with Crippen LogP contribution in [-0.2, 0) is 0 Å². The van der Waals surface area contributed by atoms with E-state index in [2.05, 4.69) is 243 Å². The Morgan fingerprint density at radius 1 is 0.303 bits per heavy atom. The van der Waals surface area contributed by atoms with E-state index in [1.54, 1.807) is 0 Å². The van der Waals surface area contributed by atoms with Crippen molar-refractivity contribution in [1.82, 2.24) is 15.0 Å². The second-order valence-electron chi connectivity index (χ2n) is 20.0. The van der Waals surface area contributed by atoms with Gasteiger partial charge in [-0.2, -0.15) is 0 Å². The van der Waals surface area contributed by atoms with E-state index in [4.69, 9.17) is 19.4 Å². The lowest BCUT2D eigenvalue weighted by molar-refractivity contribution is 0.670. The Morgan fingerprint density at radius 2 is 0.763 bits per heavy atom. The van der Waals surface area contributed by atoms with Gasteiger partial charge in [0.15, 0.2) is 25.5 Å². The van der Waals surface area contributed by atoms with Gasteiger partial charge in [0, 0.05) is 44.9 Å². The van der Waals surface area contributed by atoms with Crippen molar-refractivity contribution >= 4 is 50.8 Å². The van der Waals surface area contributed by atoms with E-state index >= 15 is 0 Å². The van der Waals surface area contributed by atoms with Crippen LogP contribution in [0.3, 0.4) is 0 Å². The number of hydrogen-bond acceptors (Lipinski definition) is 4. The molecule has 13 aromatic rings. The van der Waals surface area contributed by atoms with Gasteiger partial charge in [-0.1, -0.05) is 261 Å². The van der Waals surface area contributed by atoms with Crippen molar-refractivity contribution in [3.05, 3.63) is 306 Å². The second kappa shape index (κ2) is 17.8. The van der Waals surface area contributed by atoms with Gasteiger partial charge in [0.25, 0.3) is 0 Å². The van der Waals surface area contributed by atoms with Crippen LogP contribution in [-0.4, -0.2) is 23.0 Å². The predicted molar refractivity (Wildman–Crippen MR) is 313 cm³/mol. The van der Waals surface area contributed by atoms with Crippen LogP contribution in [0.15, 0.2) is 277 Å². The third kappa shape index (κ3) is 6.79. The Morgan fingerprint density at radius 3 is 1.47 bits per heavy atom. The topological polar surface area (TPSA) is 51.8 Å². The first-order chi connectivity index (χ1) is 37.7. The largest absolute Gasteiger partial charge is 0.455 e. The Hall–Kier alpha value is -9.55. The molecule has 0 aliphatic heterocycles. The highest BCUT2D eigenvalue weighted by atomic mass is 28.3. The van der Waals surface area contributed by atoms with E-state index in [1.165, 1.54) is 59.7 Å². The minimum atomic E-state index is -2.95. The normalized spacial score (nSPS) is 14.3. The fraction of sp³-hybridized carbons (Fsp3) is 0.0282.